The molecule has 0 amide bonds. The third-order valence-corrected chi connectivity index (χ3v) is 3.72. The summed E-state index contributed by atoms with van der Waals surface area (Å²) in [5.41, 5.74) is 4.61. The summed E-state index contributed by atoms with van der Waals surface area (Å²) < 4.78 is 5.33. The molecule has 0 saturated heterocycles. The zero-order valence-corrected chi connectivity index (χ0v) is 12.4. The second-order valence-electron chi connectivity index (χ2n) is 5.21. The molecule has 1 N–H and O–H groups in total. The fraction of sp³-hybridized carbons (Fsp3) is 0.333. The van der Waals surface area contributed by atoms with E-state index in [9.17, 15) is 5.11 Å². The van der Waals surface area contributed by atoms with Crippen LogP contribution >= 0.6 is 0 Å². The number of hydrogen-bond acceptors (Lipinski definition) is 2. The number of rotatable bonds is 5. The standard InChI is InChI=1S/C18H22O2/c1-13-12-18(20-3)14(2)11-16(13)9-10-17(19)15-7-5-4-6-8-15/h4-8,11-12,17,19H,9-10H2,1-3H3. The average molecular weight is 270 g/mol. The molecule has 2 aromatic rings. The van der Waals surface area contributed by atoms with Crippen LogP contribution in [0.25, 0.3) is 0 Å². The number of hydrogen-bond donors (Lipinski definition) is 1. The maximum Gasteiger partial charge on any atom is 0.122 e. The molecule has 0 fully saturated rings. The molecule has 0 aromatic heterocycles. The largest absolute Gasteiger partial charge is 0.496 e. The van der Waals surface area contributed by atoms with Crippen LogP contribution in [0.3, 0.4) is 0 Å². The van der Waals surface area contributed by atoms with Gasteiger partial charge in [-0.3, -0.25) is 0 Å². The fourth-order valence-corrected chi connectivity index (χ4v) is 2.47. The number of methoxy groups -OCH3 is 1. The van der Waals surface area contributed by atoms with E-state index in [1.165, 1.54) is 11.1 Å². The van der Waals surface area contributed by atoms with Crippen molar-refractivity contribution in [3.05, 3.63) is 64.7 Å². The maximum absolute atomic E-state index is 10.2. The van der Waals surface area contributed by atoms with Gasteiger partial charge in [-0.2, -0.15) is 0 Å². The third kappa shape index (κ3) is 3.40. The Balaban J connectivity index is 2.06. The quantitative estimate of drug-likeness (QED) is 0.890. The molecule has 0 spiro atoms. The molecular formula is C18H22O2. The minimum absolute atomic E-state index is 0.405. The number of aliphatic hydroxyl groups is 1. The van der Waals surface area contributed by atoms with Crippen molar-refractivity contribution in [2.75, 3.05) is 7.11 Å². The van der Waals surface area contributed by atoms with E-state index < -0.39 is 6.10 Å². The molecule has 0 aliphatic rings. The van der Waals surface area contributed by atoms with Crippen LogP contribution in [-0.2, 0) is 6.42 Å². The molecule has 1 unspecified atom stereocenters. The molecule has 0 saturated carbocycles. The average Bonchev–Trinajstić information content (AvgIpc) is 2.48. The van der Waals surface area contributed by atoms with E-state index in [0.29, 0.717) is 0 Å². The van der Waals surface area contributed by atoms with Gasteiger partial charge in [0, 0.05) is 0 Å². The van der Waals surface area contributed by atoms with Gasteiger partial charge in [0.25, 0.3) is 0 Å². The molecule has 2 aromatic carbocycles. The highest BCUT2D eigenvalue weighted by Crippen LogP contribution is 2.25. The molecule has 2 nitrogen and oxygen atoms in total. The third-order valence-electron chi connectivity index (χ3n) is 3.72. The van der Waals surface area contributed by atoms with Crippen molar-refractivity contribution in [3.63, 3.8) is 0 Å². The Bertz CT molecular complexity index is 561. The molecule has 1 atom stereocenters. The van der Waals surface area contributed by atoms with Gasteiger partial charge >= 0.3 is 0 Å². The molecule has 0 aliphatic heterocycles. The van der Waals surface area contributed by atoms with Crippen LogP contribution < -0.4 is 4.74 Å². The Morgan fingerprint density at radius 1 is 1.05 bits per heavy atom. The molecule has 0 bridgehead atoms. The van der Waals surface area contributed by atoms with Crippen LogP contribution in [-0.4, -0.2) is 12.2 Å². The van der Waals surface area contributed by atoms with Gasteiger partial charge in [-0.25, -0.2) is 0 Å². The minimum atomic E-state index is -0.405. The summed E-state index contributed by atoms with van der Waals surface area (Å²) in [5, 5.41) is 10.2. The van der Waals surface area contributed by atoms with Crippen molar-refractivity contribution in [3.8, 4) is 5.75 Å². The smallest absolute Gasteiger partial charge is 0.122 e. The van der Waals surface area contributed by atoms with E-state index in [0.717, 1.165) is 29.7 Å². The van der Waals surface area contributed by atoms with Crippen molar-refractivity contribution < 1.29 is 9.84 Å². The van der Waals surface area contributed by atoms with Crippen molar-refractivity contribution >= 4 is 0 Å². The van der Waals surface area contributed by atoms with Gasteiger partial charge in [-0.1, -0.05) is 36.4 Å². The normalized spacial score (nSPS) is 12.2. The lowest BCUT2D eigenvalue weighted by Gasteiger charge is -2.14. The van der Waals surface area contributed by atoms with Crippen LogP contribution in [0, 0.1) is 13.8 Å². The predicted octanol–water partition coefficient (Wildman–Crippen LogP) is 3.98. The Morgan fingerprint density at radius 3 is 2.40 bits per heavy atom. The topological polar surface area (TPSA) is 29.5 Å². The molecule has 0 heterocycles. The molecule has 106 valence electrons. The zero-order valence-electron chi connectivity index (χ0n) is 12.4. The van der Waals surface area contributed by atoms with Crippen LogP contribution in [0.1, 0.15) is 34.8 Å². The molecule has 20 heavy (non-hydrogen) atoms. The number of ether oxygens (including phenoxy) is 1. The molecule has 0 radical (unpaired) electrons. The first kappa shape index (κ1) is 14.6. The molecule has 2 rings (SSSR count). The summed E-state index contributed by atoms with van der Waals surface area (Å²) in [6.45, 7) is 4.14. The van der Waals surface area contributed by atoms with Gasteiger partial charge in [0.05, 0.1) is 13.2 Å². The molecule has 2 heteroatoms. The first-order valence-electron chi connectivity index (χ1n) is 6.99. The van der Waals surface area contributed by atoms with Gasteiger partial charge in [-0.15, -0.1) is 0 Å². The van der Waals surface area contributed by atoms with Crippen LogP contribution in [0.5, 0.6) is 5.75 Å². The summed E-state index contributed by atoms with van der Waals surface area (Å²) >= 11 is 0. The van der Waals surface area contributed by atoms with Crippen LogP contribution in [0.4, 0.5) is 0 Å². The summed E-state index contributed by atoms with van der Waals surface area (Å²) in [7, 11) is 1.70. The highest BCUT2D eigenvalue weighted by atomic mass is 16.5. The lowest BCUT2D eigenvalue weighted by molar-refractivity contribution is 0.168. The van der Waals surface area contributed by atoms with Gasteiger partial charge in [0.1, 0.15) is 5.75 Å². The lowest BCUT2D eigenvalue weighted by Crippen LogP contribution is -2.01. The highest BCUT2D eigenvalue weighted by molar-refractivity contribution is 5.41. The number of aryl methyl sites for hydroxylation is 3. The minimum Gasteiger partial charge on any atom is -0.496 e. The highest BCUT2D eigenvalue weighted by Gasteiger charge is 2.10. The SMILES string of the molecule is COc1cc(C)c(CCC(O)c2ccccc2)cc1C. The predicted molar refractivity (Wildman–Crippen MR) is 82.2 cm³/mol. The monoisotopic (exact) mass is 270 g/mol. The van der Waals surface area contributed by atoms with Crippen LogP contribution in [0.15, 0.2) is 42.5 Å². The Morgan fingerprint density at radius 2 is 1.75 bits per heavy atom. The summed E-state index contributed by atoms with van der Waals surface area (Å²) in [6, 6.07) is 14.1. The second kappa shape index (κ2) is 6.58. The maximum atomic E-state index is 10.2. The number of benzene rings is 2. The van der Waals surface area contributed by atoms with E-state index >= 15 is 0 Å². The van der Waals surface area contributed by atoms with Gasteiger partial charge in [0.15, 0.2) is 0 Å². The van der Waals surface area contributed by atoms with E-state index in [-0.39, 0.29) is 0 Å². The fourth-order valence-electron chi connectivity index (χ4n) is 2.47. The van der Waals surface area contributed by atoms with Crippen molar-refractivity contribution in [2.45, 2.75) is 32.8 Å². The van der Waals surface area contributed by atoms with Crippen molar-refractivity contribution in [1.29, 1.82) is 0 Å². The molecular weight excluding hydrogens is 248 g/mol. The summed E-state index contributed by atoms with van der Waals surface area (Å²) in [5.74, 6) is 0.926. The summed E-state index contributed by atoms with van der Waals surface area (Å²) in [4.78, 5) is 0. The van der Waals surface area contributed by atoms with Crippen LogP contribution in [0.2, 0.25) is 0 Å². The van der Waals surface area contributed by atoms with Crippen molar-refractivity contribution in [1.82, 2.24) is 0 Å². The first-order chi connectivity index (χ1) is 9.61. The van der Waals surface area contributed by atoms with E-state index in [2.05, 4.69) is 26.0 Å². The van der Waals surface area contributed by atoms with Crippen molar-refractivity contribution in [2.24, 2.45) is 0 Å². The Labute approximate surface area is 121 Å². The van der Waals surface area contributed by atoms with E-state index in [4.69, 9.17) is 4.74 Å². The van der Waals surface area contributed by atoms with Gasteiger partial charge in [-0.05, 0) is 55.0 Å². The Kier molecular flexibility index (Phi) is 4.80. The molecule has 0 aliphatic carbocycles. The van der Waals surface area contributed by atoms with Gasteiger partial charge < -0.3 is 9.84 Å². The lowest BCUT2D eigenvalue weighted by atomic mass is 9.97. The van der Waals surface area contributed by atoms with E-state index in [1.54, 1.807) is 7.11 Å². The number of aliphatic hydroxyl groups excluding tert-OH is 1. The Hall–Kier alpha value is -1.80. The zero-order chi connectivity index (χ0) is 14.5. The second-order valence-corrected chi connectivity index (χ2v) is 5.21. The summed E-state index contributed by atoms with van der Waals surface area (Å²) in [6.07, 6.45) is 1.20. The first-order valence-corrected chi connectivity index (χ1v) is 6.99. The van der Waals surface area contributed by atoms with E-state index in [1.807, 2.05) is 30.3 Å². The van der Waals surface area contributed by atoms with Gasteiger partial charge in [0.2, 0.25) is 0 Å².